The van der Waals surface area contributed by atoms with Crippen molar-refractivity contribution >= 4 is 0 Å². The van der Waals surface area contributed by atoms with Crippen LogP contribution in [0.3, 0.4) is 0 Å². The first kappa shape index (κ1) is 22.8. The molecule has 0 bridgehead atoms. The Morgan fingerprint density at radius 3 is 1.45 bits per heavy atom. The average molecular weight is 447 g/mol. The van der Waals surface area contributed by atoms with Gasteiger partial charge < -0.3 is 20.3 Å². The molecule has 2 aliphatic carbocycles. The number of rotatable bonds is 0. The summed E-state index contributed by atoms with van der Waals surface area (Å²) in [4.78, 5) is 0. The largest absolute Gasteiger partial charge is 0.358 e. The Morgan fingerprint density at radius 1 is 0.900 bits per heavy atom. The predicted molar refractivity (Wildman–Crippen MR) is 87.9 cm³/mol. The van der Waals surface area contributed by atoms with E-state index in [-0.39, 0.29) is 13.0 Å². The molecule has 2 fully saturated rings. The van der Waals surface area contributed by atoms with E-state index < -0.39 is 0 Å². The summed E-state index contributed by atoms with van der Waals surface area (Å²) in [6.45, 7) is 8.65. The van der Waals surface area contributed by atoms with Crippen LogP contribution in [0.4, 0.5) is 0 Å². The molecule has 1 nitrogen and oxygen atoms in total. The molecule has 0 aromatic carbocycles. The van der Waals surface area contributed by atoms with Crippen LogP contribution in [-0.2, 0) is 20.9 Å². The normalized spacial score (nSPS) is 19.4. The Balaban J connectivity index is 0. The molecule has 0 radical (unpaired) electrons. The minimum Gasteiger partial charge on any atom is -0.358 e. The van der Waals surface area contributed by atoms with Crippen LogP contribution in [0.25, 0.3) is 0 Å². The standard InChI is InChI=1S/C7H13.C6H11.C4H9N.CH3.Ta/c1-7-5-3-2-4-6-7;1-2-4-6-5-3-1;1-4(2,3)5;;/h2,7H,3-6H2,1H3;1H,2-6H2;1-3H3;1H3;/q2*-1;;-1;. The molecule has 0 amide bonds. The Bertz CT molecular complexity index is 186. The van der Waals surface area contributed by atoms with Gasteiger partial charge in [-0.15, -0.1) is 0 Å². The molecule has 2 rings (SSSR count). The summed E-state index contributed by atoms with van der Waals surface area (Å²) in [7, 11) is 0. The van der Waals surface area contributed by atoms with Gasteiger partial charge in [-0.3, -0.25) is 0 Å². The minimum atomic E-state index is 0. The van der Waals surface area contributed by atoms with Crippen LogP contribution < -0.4 is 0 Å². The number of hydrogen-bond acceptors (Lipinski definition) is 1. The van der Waals surface area contributed by atoms with Crippen LogP contribution >= 0.6 is 0 Å². The molecule has 20 heavy (non-hydrogen) atoms. The van der Waals surface area contributed by atoms with Gasteiger partial charge in [-0.2, -0.15) is 25.7 Å². The van der Waals surface area contributed by atoms with Crippen molar-refractivity contribution in [2.45, 2.75) is 91.0 Å². The first-order chi connectivity index (χ1) is 8.95. The zero-order valence-corrected chi connectivity index (χ0v) is 17.7. The zero-order valence-electron chi connectivity index (χ0n) is 14.5. The van der Waals surface area contributed by atoms with Gasteiger partial charge in [-0.05, 0) is 5.92 Å². The molecule has 0 spiro atoms. The second kappa shape index (κ2) is 14.5. The van der Waals surface area contributed by atoms with Crippen molar-refractivity contribution in [2.24, 2.45) is 9.26 Å². The number of nitrogens with zero attached hydrogens (tertiary/aromatic N) is 1. The van der Waals surface area contributed by atoms with E-state index in [0.29, 0.717) is 0 Å². The van der Waals surface area contributed by atoms with Crippen molar-refractivity contribution in [3.05, 3.63) is 20.3 Å². The topological polar surface area (TPSA) is 12.4 Å². The molecule has 0 aliphatic heterocycles. The van der Waals surface area contributed by atoms with Crippen molar-refractivity contribution in [1.82, 2.24) is 0 Å². The summed E-state index contributed by atoms with van der Waals surface area (Å²) in [6.07, 6.45) is 17.5. The first-order valence-corrected chi connectivity index (χ1v) is 9.39. The van der Waals surface area contributed by atoms with Crippen molar-refractivity contribution in [3.63, 3.8) is 0 Å². The second-order valence-electron chi connectivity index (χ2n) is 6.75. The molecule has 0 unspecified atom stereocenters. The molecule has 0 N–H and O–H groups in total. The Kier molecular flexibility index (Phi) is 16.5. The first-order valence-electron chi connectivity index (χ1n) is 7.95. The maximum Gasteiger partial charge on any atom is -0.0491 e. The molecule has 0 aromatic heterocycles. The third-order valence-corrected chi connectivity index (χ3v) is 5.50. The van der Waals surface area contributed by atoms with Crippen LogP contribution in [0.1, 0.15) is 85.5 Å². The van der Waals surface area contributed by atoms with Crippen LogP contribution in [-0.4, -0.2) is 5.54 Å². The van der Waals surface area contributed by atoms with Crippen LogP contribution in [0, 0.1) is 26.2 Å². The summed E-state index contributed by atoms with van der Waals surface area (Å²) < 4.78 is 4.13. The maximum absolute atomic E-state index is 4.13. The van der Waals surface area contributed by atoms with Gasteiger partial charge >= 0.3 is 50.5 Å². The molecule has 2 heteroatoms. The van der Waals surface area contributed by atoms with Gasteiger partial charge in [0.05, 0.1) is 0 Å². The summed E-state index contributed by atoms with van der Waals surface area (Å²) in [5.41, 5.74) is 0.216. The Labute approximate surface area is 141 Å². The van der Waals surface area contributed by atoms with Gasteiger partial charge in [0.2, 0.25) is 0 Å². The molecule has 2 saturated carbocycles. The van der Waals surface area contributed by atoms with E-state index in [2.05, 4.69) is 43.9 Å². The van der Waals surface area contributed by atoms with E-state index in [4.69, 9.17) is 0 Å². The molecule has 0 heterocycles. The van der Waals surface area contributed by atoms with Crippen LogP contribution in [0.15, 0.2) is 3.34 Å². The molecule has 2 aliphatic rings. The van der Waals surface area contributed by atoms with Gasteiger partial charge in [0.25, 0.3) is 0 Å². The van der Waals surface area contributed by atoms with Gasteiger partial charge in [-0.1, -0.05) is 39.0 Å². The predicted octanol–water partition coefficient (Wildman–Crippen LogP) is 6.52. The quantitative estimate of drug-likeness (QED) is 0.375. The SMILES string of the molecule is CC(C)(C)[N]=[Ta].CC1CC[CH-]CC1.[CH-]1CCCCC1.[CH3-]. The van der Waals surface area contributed by atoms with Gasteiger partial charge in [-0.25, -0.2) is 0 Å². The average Bonchev–Trinajstić information content (AvgIpc) is 2.42. The summed E-state index contributed by atoms with van der Waals surface area (Å²) in [6, 6.07) is 0. The minimum absolute atomic E-state index is 0. The fourth-order valence-electron chi connectivity index (χ4n) is 1.99. The summed E-state index contributed by atoms with van der Waals surface area (Å²) in [5, 5.41) is 0. The fraction of sp³-hybridized carbons (Fsp3) is 0.833. The van der Waals surface area contributed by atoms with E-state index in [0.717, 1.165) is 26.8 Å². The molecule has 0 atom stereocenters. The van der Waals surface area contributed by atoms with Gasteiger partial charge in [0.1, 0.15) is 0 Å². The number of hydrogen-bond donors (Lipinski definition) is 0. The molecular weight excluding hydrogens is 411 g/mol. The third kappa shape index (κ3) is 18.5. The fourth-order valence-corrected chi connectivity index (χ4v) is 1.99. The van der Waals surface area contributed by atoms with E-state index in [9.17, 15) is 0 Å². The monoisotopic (exact) mass is 447 g/mol. The van der Waals surface area contributed by atoms with Crippen molar-refractivity contribution in [1.29, 1.82) is 0 Å². The van der Waals surface area contributed by atoms with E-state index >= 15 is 0 Å². The molecular formula is C18H36NTa-3. The smallest absolute Gasteiger partial charge is 0.0491 e. The third-order valence-electron chi connectivity index (χ3n) is 3.34. The van der Waals surface area contributed by atoms with E-state index in [1.165, 1.54) is 57.8 Å². The second-order valence-corrected chi connectivity index (χ2v) is 7.46. The van der Waals surface area contributed by atoms with Crippen LogP contribution in [0.5, 0.6) is 0 Å². The summed E-state index contributed by atoms with van der Waals surface area (Å²) in [5.74, 6) is 1.00. The van der Waals surface area contributed by atoms with Gasteiger partial charge in [0.15, 0.2) is 0 Å². The Hall–Kier alpha value is 0.540. The molecule has 121 valence electrons. The van der Waals surface area contributed by atoms with E-state index in [1.54, 1.807) is 0 Å². The van der Waals surface area contributed by atoms with Crippen LogP contribution in [0.2, 0.25) is 0 Å². The van der Waals surface area contributed by atoms with Gasteiger partial charge in [0, 0.05) is 0 Å². The van der Waals surface area contributed by atoms with Crippen molar-refractivity contribution in [2.75, 3.05) is 0 Å². The maximum atomic E-state index is 4.13. The molecule has 0 saturated heterocycles. The summed E-state index contributed by atoms with van der Waals surface area (Å²) >= 11 is 1.15. The van der Waals surface area contributed by atoms with Crippen molar-refractivity contribution in [3.8, 4) is 0 Å². The Morgan fingerprint density at radius 2 is 1.30 bits per heavy atom. The zero-order chi connectivity index (χ0) is 14.6. The molecule has 0 aromatic rings. The van der Waals surface area contributed by atoms with E-state index in [1.807, 2.05) is 0 Å². The van der Waals surface area contributed by atoms with Crippen molar-refractivity contribution < 1.29 is 20.9 Å².